The monoisotopic (exact) mass is 376 g/mol. The third-order valence-electron chi connectivity index (χ3n) is 3.01. The van der Waals surface area contributed by atoms with E-state index in [1.165, 1.54) is 12.7 Å². The van der Waals surface area contributed by atoms with Gasteiger partial charge >= 0.3 is 0 Å². The highest BCUT2D eigenvalue weighted by molar-refractivity contribution is 9.10. The lowest BCUT2D eigenvalue weighted by atomic mass is 10.2. The Hall–Kier alpha value is -2.34. The fraction of sp³-hybridized carbons (Fsp3) is 0.176. The van der Waals surface area contributed by atoms with Crippen LogP contribution in [0.3, 0.4) is 0 Å². The second-order valence-electron chi connectivity index (χ2n) is 4.88. The van der Waals surface area contributed by atoms with E-state index in [1.54, 1.807) is 12.3 Å². The Kier molecular flexibility index (Phi) is 5.76. The third kappa shape index (κ3) is 4.82. The first-order valence-corrected chi connectivity index (χ1v) is 7.68. The summed E-state index contributed by atoms with van der Waals surface area (Å²) in [6, 6.07) is 11.5. The average molecular weight is 377 g/mol. The molecule has 0 aliphatic heterocycles. The number of nitrogens with zero attached hydrogens (tertiary/aromatic N) is 1. The molecular weight excluding hydrogens is 360 g/mol. The highest BCUT2D eigenvalue weighted by atomic mass is 79.9. The summed E-state index contributed by atoms with van der Waals surface area (Å²) in [6.45, 7) is 1.81. The number of halogens is 1. The lowest BCUT2D eigenvalue weighted by molar-refractivity contribution is -0.119. The van der Waals surface area contributed by atoms with E-state index in [9.17, 15) is 4.79 Å². The fourth-order valence-corrected chi connectivity index (χ4v) is 2.45. The first kappa shape index (κ1) is 17.0. The van der Waals surface area contributed by atoms with Gasteiger partial charge in [-0.1, -0.05) is 17.7 Å². The highest BCUT2D eigenvalue weighted by Gasteiger charge is 2.12. The largest absolute Gasteiger partial charge is 0.493 e. The molecule has 0 atom stereocenters. The maximum absolute atomic E-state index is 10.9. The van der Waals surface area contributed by atoms with E-state index in [0.717, 1.165) is 11.3 Å². The van der Waals surface area contributed by atoms with Gasteiger partial charge in [-0.25, -0.2) is 0 Å². The molecule has 2 aromatic carbocycles. The summed E-state index contributed by atoms with van der Waals surface area (Å²) < 4.78 is 11.3. The van der Waals surface area contributed by atoms with Crippen molar-refractivity contribution in [3.63, 3.8) is 0 Å². The number of hydrogen-bond donors (Lipinski definition) is 1. The molecule has 1 amide bonds. The number of primary amides is 1. The molecule has 0 saturated heterocycles. The Bertz CT molecular complexity index is 727. The summed E-state index contributed by atoms with van der Waals surface area (Å²) in [5.41, 5.74) is 7.97. The van der Waals surface area contributed by atoms with Crippen LogP contribution in [0.5, 0.6) is 11.5 Å². The molecule has 120 valence electrons. The number of carbonyl (C=O) groups excluding carboxylic acids is 1. The van der Waals surface area contributed by atoms with Crippen LogP contribution in [0, 0.1) is 6.92 Å². The van der Waals surface area contributed by atoms with E-state index in [4.69, 9.17) is 15.2 Å². The molecule has 0 saturated carbocycles. The predicted molar refractivity (Wildman–Crippen MR) is 93.8 cm³/mol. The molecule has 0 unspecified atom stereocenters. The quantitative estimate of drug-likeness (QED) is 0.785. The number of ether oxygens (including phenoxy) is 2. The van der Waals surface area contributed by atoms with E-state index in [0.29, 0.717) is 16.0 Å². The Balaban J connectivity index is 2.24. The lowest BCUT2D eigenvalue weighted by Gasteiger charge is -2.12. The van der Waals surface area contributed by atoms with Crippen molar-refractivity contribution in [3.8, 4) is 11.5 Å². The third-order valence-corrected chi connectivity index (χ3v) is 3.60. The number of carbonyl (C=O) groups is 1. The molecule has 23 heavy (non-hydrogen) atoms. The summed E-state index contributed by atoms with van der Waals surface area (Å²) in [5.74, 6) is 0.369. The van der Waals surface area contributed by atoms with Crippen LogP contribution in [0.2, 0.25) is 0 Å². The normalized spacial score (nSPS) is 10.7. The van der Waals surface area contributed by atoms with Crippen LogP contribution < -0.4 is 15.2 Å². The summed E-state index contributed by atoms with van der Waals surface area (Å²) in [6.07, 6.45) is 1.73. The Morgan fingerprint density at radius 1 is 1.30 bits per heavy atom. The molecule has 0 aliphatic carbocycles. The summed E-state index contributed by atoms with van der Waals surface area (Å²) in [7, 11) is 1.53. The number of aryl methyl sites for hydroxylation is 1. The summed E-state index contributed by atoms with van der Waals surface area (Å²) in [5, 5.41) is 0. The van der Waals surface area contributed by atoms with Crippen LogP contribution >= 0.6 is 15.9 Å². The van der Waals surface area contributed by atoms with E-state index < -0.39 is 5.91 Å². The Morgan fingerprint density at radius 2 is 2.00 bits per heavy atom. The van der Waals surface area contributed by atoms with Gasteiger partial charge in [0.25, 0.3) is 5.91 Å². The van der Waals surface area contributed by atoms with E-state index in [2.05, 4.69) is 20.9 Å². The molecule has 6 heteroatoms. The number of benzene rings is 2. The molecule has 2 rings (SSSR count). The van der Waals surface area contributed by atoms with Crippen LogP contribution in [0.4, 0.5) is 5.69 Å². The number of methoxy groups -OCH3 is 1. The minimum Gasteiger partial charge on any atom is -0.493 e. The maximum Gasteiger partial charge on any atom is 0.255 e. The first-order chi connectivity index (χ1) is 11.0. The SMILES string of the molecule is COc1cc(C=Nc2ccc(C)cc2)cc(Br)c1OCC(N)=O. The molecular formula is C17H17BrN2O3. The highest BCUT2D eigenvalue weighted by Crippen LogP contribution is 2.36. The number of rotatable bonds is 6. The first-order valence-electron chi connectivity index (χ1n) is 6.89. The van der Waals surface area contributed by atoms with Crippen molar-refractivity contribution < 1.29 is 14.3 Å². The van der Waals surface area contributed by atoms with Gasteiger partial charge in [0.1, 0.15) is 0 Å². The van der Waals surface area contributed by atoms with Gasteiger partial charge in [0.15, 0.2) is 18.1 Å². The van der Waals surface area contributed by atoms with Crippen molar-refractivity contribution in [3.05, 3.63) is 52.0 Å². The predicted octanol–water partition coefficient (Wildman–Crippen LogP) is 3.38. The molecule has 0 fully saturated rings. The fourth-order valence-electron chi connectivity index (χ4n) is 1.88. The van der Waals surface area contributed by atoms with E-state index in [-0.39, 0.29) is 6.61 Å². The van der Waals surface area contributed by atoms with E-state index >= 15 is 0 Å². The number of nitrogens with two attached hydrogens (primary N) is 1. The van der Waals surface area contributed by atoms with Gasteiger partial charge in [0.05, 0.1) is 17.3 Å². The zero-order chi connectivity index (χ0) is 16.8. The van der Waals surface area contributed by atoms with Crippen molar-refractivity contribution in [2.45, 2.75) is 6.92 Å². The lowest BCUT2D eigenvalue weighted by Crippen LogP contribution is -2.20. The zero-order valence-electron chi connectivity index (χ0n) is 12.9. The minimum atomic E-state index is -0.552. The molecule has 2 aromatic rings. The van der Waals surface area contributed by atoms with Gasteiger partial charge in [-0.15, -0.1) is 0 Å². The second kappa shape index (κ2) is 7.78. The Labute approximate surface area is 143 Å². The molecule has 0 radical (unpaired) electrons. The van der Waals surface area contributed by atoms with Crippen LogP contribution in [0.1, 0.15) is 11.1 Å². The molecule has 0 spiro atoms. The summed E-state index contributed by atoms with van der Waals surface area (Å²) in [4.78, 5) is 15.3. The molecule has 0 heterocycles. The molecule has 2 N–H and O–H groups in total. The van der Waals surface area contributed by atoms with Crippen LogP contribution in [0.25, 0.3) is 0 Å². The van der Waals surface area contributed by atoms with Gasteiger partial charge in [-0.3, -0.25) is 9.79 Å². The Morgan fingerprint density at radius 3 is 2.61 bits per heavy atom. The van der Waals surface area contributed by atoms with Crippen molar-refractivity contribution >= 4 is 33.7 Å². The number of amides is 1. The van der Waals surface area contributed by atoms with Crippen molar-refractivity contribution in [2.24, 2.45) is 10.7 Å². The molecule has 5 nitrogen and oxygen atoms in total. The average Bonchev–Trinajstić information content (AvgIpc) is 2.52. The standard InChI is InChI=1S/C17H17BrN2O3/c1-11-3-5-13(6-4-11)20-9-12-7-14(18)17(15(8-12)22-2)23-10-16(19)21/h3-9H,10H2,1-2H3,(H2,19,21). The van der Waals surface area contributed by atoms with Gasteiger partial charge in [0, 0.05) is 6.21 Å². The number of aliphatic imine (C=N–C) groups is 1. The van der Waals surface area contributed by atoms with Crippen LogP contribution in [0.15, 0.2) is 45.9 Å². The zero-order valence-corrected chi connectivity index (χ0v) is 14.5. The summed E-state index contributed by atoms with van der Waals surface area (Å²) >= 11 is 3.41. The number of hydrogen-bond acceptors (Lipinski definition) is 4. The van der Waals surface area contributed by atoms with E-state index in [1.807, 2.05) is 37.3 Å². The van der Waals surface area contributed by atoms with Crippen molar-refractivity contribution in [1.82, 2.24) is 0 Å². The smallest absolute Gasteiger partial charge is 0.255 e. The van der Waals surface area contributed by atoms with Crippen molar-refractivity contribution in [1.29, 1.82) is 0 Å². The maximum atomic E-state index is 10.9. The molecule has 0 bridgehead atoms. The molecule has 0 aromatic heterocycles. The van der Waals surface area contributed by atoms with Gasteiger partial charge in [0.2, 0.25) is 0 Å². The minimum absolute atomic E-state index is 0.217. The van der Waals surface area contributed by atoms with Gasteiger partial charge < -0.3 is 15.2 Å². The van der Waals surface area contributed by atoms with Gasteiger partial charge in [-0.05, 0) is 52.7 Å². The second-order valence-corrected chi connectivity index (χ2v) is 5.74. The van der Waals surface area contributed by atoms with Crippen LogP contribution in [-0.4, -0.2) is 25.8 Å². The van der Waals surface area contributed by atoms with Gasteiger partial charge in [-0.2, -0.15) is 0 Å². The van der Waals surface area contributed by atoms with Crippen LogP contribution in [-0.2, 0) is 4.79 Å². The van der Waals surface area contributed by atoms with Crippen molar-refractivity contribution in [2.75, 3.05) is 13.7 Å². The topological polar surface area (TPSA) is 73.9 Å². The molecule has 0 aliphatic rings.